The summed E-state index contributed by atoms with van der Waals surface area (Å²) in [7, 11) is 0. The summed E-state index contributed by atoms with van der Waals surface area (Å²) in [5.41, 5.74) is 0. The maximum Gasteiger partial charge on any atom is 0.0620 e. The van der Waals surface area contributed by atoms with Gasteiger partial charge in [-0.3, -0.25) is 0 Å². The van der Waals surface area contributed by atoms with E-state index in [1.807, 2.05) is 12.2 Å². The average molecular weight is 129 g/mol. The van der Waals surface area contributed by atoms with Crippen molar-refractivity contribution in [1.29, 1.82) is 0 Å². The molecule has 0 radical (unpaired) electrons. The normalized spacial score (nSPS) is 33.6. The van der Waals surface area contributed by atoms with Crippen LogP contribution in [0.25, 0.3) is 0 Å². The molecular weight excluding hydrogens is 118 g/mol. The fraction of sp³-hybridized carbons (Fsp3) is 0.667. The van der Waals surface area contributed by atoms with E-state index in [0.29, 0.717) is 0 Å². The number of hydrogen-bond donors (Lipinski definition) is 3. The number of hydrogen-bond acceptors (Lipinski definition) is 3. The van der Waals surface area contributed by atoms with E-state index in [0.717, 1.165) is 0 Å². The SMILES string of the molecule is OC[C@H]1C=C[C@@H](CO)N1. The summed E-state index contributed by atoms with van der Waals surface area (Å²) in [5.74, 6) is 0. The molecule has 0 saturated heterocycles. The Kier molecular flexibility index (Phi) is 2.22. The maximum absolute atomic E-state index is 8.58. The summed E-state index contributed by atoms with van der Waals surface area (Å²) in [6.07, 6.45) is 3.72. The molecule has 3 heteroatoms. The van der Waals surface area contributed by atoms with Crippen molar-refractivity contribution < 1.29 is 10.2 Å². The highest BCUT2D eigenvalue weighted by Gasteiger charge is 2.14. The lowest BCUT2D eigenvalue weighted by Gasteiger charge is -2.08. The molecule has 3 nitrogen and oxygen atoms in total. The van der Waals surface area contributed by atoms with Crippen molar-refractivity contribution in [2.45, 2.75) is 12.1 Å². The molecule has 52 valence electrons. The predicted molar refractivity (Wildman–Crippen MR) is 34.0 cm³/mol. The van der Waals surface area contributed by atoms with E-state index in [1.165, 1.54) is 0 Å². The monoisotopic (exact) mass is 129 g/mol. The van der Waals surface area contributed by atoms with Gasteiger partial charge in [-0.2, -0.15) is 0 Å². The van der Waals surface area contributed by atoms with Crippen molar-refractivity contribution >= 4 is 0 Å². The Morgan fingerprint density at radius 1 is 1.11 bits per heavy atom. The van der Waals surface area contributed by atoms with Crippen LogP contribution in [0.1, 0.15) is 0 Å². The second-order valence-corrected chi connectivity index (χ2v) is 2.13. The molecule has 9 heavy (non-hydrogen) atoms. The first-order chi connectivity index (χ1) is 4.36. The van der Waals surface area contributed by atoms with Gasteiger partial charge in [0.05, 0.1) is 13.2 Å². The molecule has 1 aliphatic rings. The van der Waals surface area contributed by atoms with Crippen LogP contribution < -0.4 is 5.32 Å². The minimum Gasteiger partial charge on any atom is -0.394 e. The summed E-state index contributed by atoms with van der Waals surface area (Å²) >= 11 is 0. The van der Waals surface area contributed by atoms with E-state index in [4.69, 9.17) is 10.2 Å². The Morgan fingerprint density at radius 2 is 1.56 bits per heavy atom. The van der Waals surface area contributed by atoms with Crippen molar-refractivity contribution in [2.75, 3.05) is 13.2 Å². The molecule has 0 aromatic carbocycles. The van der Waals surface area contributed by atoms with Gasteiger partial charge in [-0.25, -0.2) is 0 Å². The van der Waals surface area contributed by atoms with E-state index < -0.39 is 0 Å². The number of rotatable bonds is 2. The van der Waals surface area contributed by atoms with Gasteiger partial charge >= 0.3 is 0 Å². The van der Waals surface area contributed by atoms with Crippen LogP contribution in [0, 0.1) is 0 Å². The molecule has 0 aliphatic carbocycles. The Bertz CT molecular complexity index is 102. The molecule has 0 unspecified atom stereocenters. The van der Waals surface area contributed by atoms with Crippen molar-refractivity contribution in [3.05, 3.63) is 12.2 Å². The molecule has 0 bridgehead atoms. The van der Waals surface area contributed by atoms with Gasteiger partial charge in [-0.15, -0.1) is 0 Å². The molecule has 0 aromatic heterocycles. The van der Waals surface area contributed by atoms with Crippen LogP contribution in [-0.4, -0.2) is 35.5 Å². The fourth-order valence-corrected chi connectivity index (χ4v) is 0.881. The van der Waals surface area contributed by atoms with Gasteiger partial charge in [0.2, 0.25) is 0 Å². The summed E-state index contributed by atoms with van der Waals surface area (Å²) in [6.45, 7) is 0.208. The van der Waals surface area contributed by atoms with Gasteiger partial charge in [0.25, 0.3) is 0 Å². The molecule has 3 N–H and O–H groups in total. The van der Waals surface area contributed by atoms with E-state index in [1.54, 1.807) is 0 Å². The molecule has 1 rings (SSSR count). The second kappa shape index (κ2) is 2.96. The largest absolute Gasteiger partial charge is 0.394 e. The smallest absolute Gasteiger partial charge is 0.0620 e. The molecule has 0 spiro atoms. The molecule has 0 amide bonds. The summed E-state index contributed by atoms with van der Waals surface area (Å²) < 4.78 is 0. The summed E-state index contributed by atoms with van der Waals surface area (Å²) in [5, 5.41) is 20.1. The summed E-state index contributed by atoms with van der Waals surface area (Å²) in [4.78, 5) is 0. The average Bonchev–Trinajstić information content (AvgIpc) is 2.34. The van der Waals surface area contributed by atoms with E-state index >= 15 is 0 Å². The number of aliphatic hydroxyl groups excluding tert-OH is 2. The van der Waals surface area contributed by atoms with Crippen LogP contribution >= 0.6 is 0 Å². The highest BCUT2D eigenvalue weighted by Crippen LogP contribution is 2.00. The molecular formula is C6H11NO2. The van der Waals surface area contributed by atoms with E-state index in [2.05, 4.69) is 5.32 Å². The van der Waals surface area contributed by atoms with Gasteiger partial charge in [-0.1, -0.05) is 12.2 Å². The lowest BCUT2D eigenvalue weighted by atomic mass is 10.3. The highest BCUT2D eigenvalue weighted by atomic mass is 16.3. The number of aliphatic hydroxyl groups is 2. The van der Waals surface area contributed by atoms with Crippen molar-refractivity contribution in [1.82, 2.24) is 5.32 Å². The third kappa shape index (κ3) is 1.51. The molecule has 1 heterocycles. The molecule has 1 aliphatic heterocycles. The fourth-order valence-electron chi connectivity index (χ4n) is 0.881. The van der Waals surface area contributed by atoms with E-state index in [-0.39, 0.29) is 25.3 Å². The standard InChI is InChI=1S/C6H11NO2/c8-3-5-1-2-6(4-9)7-5/h1-2,5-9H,3-4H2/t5-,6+. The Balaban J connectivity index is 2.31. The molecule has 0 saturated carbocycles. The Hall–Kier alpha value is -0.380. The van der Waals surface area contributed by atoms with Gasteiger partial charge < -0.3 is 15.5 Å². The van der Waals surface area contributed by atoms with Crippen LogP contribution in [0.2, 0.25) is 0 Å². The van der Waals surface area contributed by atoms with Crippen LogP contribution in [0.3, 0.4) is 0 Å². The Labute approximate surface area is 54.0 Å². The first-order valence-electron chi connectivity index (χ1n) is 3.03. The quantitative estimate of drug-likeness (QED) is 0.413. The zero-order valence-corrected chi connectivity index (χ0v) is 5.12. The number of nitrogens with one attached hydrogen (secondary N) is 1. The highest BCUT2D eigenvalue weighted by molar-refractivity contribution is 5.08. The molecule has 2 atom stereocenters. The van der Waals surface area contributed by atoms with Gasteiger partial charge in [0.15, 0.2) is 0 Å². The van der Waals surface area contributed by atoms with Crippen LogP contribution in [0.5, 0.6) is 0 Å². The van der Waals surface area contributed by atoms with Gasteiger partial charge in [-0.05, 0) is 0 Å². The second-order valence-electron chi connectivity index (χ2n) is 2.13. The van der Waals surface area contributed by atoms with Gasteiger partial charge in [0.1, 0.15) is 0 Å². The van der Waals surface area contributed by atoms with Crippen LogP contribution in [-0.2, 0) is 0 Å². The lowest BCUT2D eigenvalue weighted by Crippen LogP contribution is -2.34. The third-order valence-corrected chi connectivity index (χ3v) is 1.40. The van der Waals surface area contributed by atoms with Crippen LogP contribution in [0.15, 0.2) is 12.2 Å². The molecule has 0 fully saturated rings. The topological polar surface area (TPSA) is 52.5 Å². The predicted octanol–water partition coefficient (Wildman–Crippen LogP) is -1.13. The van der Waals surface area contributed by atoms with Crippen molar-refractivity contribution in [3.8, 4) is 0 Å². The molecule has 0 aromatic rings. The minimum atomic E-state index is 0.0437. The van der Waals surface area contributed by atoms with E-state index in [9.17, 15) is 0 Å². The van der Waals surface area contributed by atoms with Gasteiger partial charge in [0, 0.05) is 12.1 Å². The minimum absolute atomic E-state index is 0.0437. The Morgan fingerprint density at radius 3 is 1.78 bits per heavy atom. The van der Waals surface area contributed by atoms with Crippen LogP contribution in [0.4, 0.5) is 0 Å². The third-order valence-electron chi connectivity index (χ3n) is 1.40. The first-order valence-corrected chi connectivity index (χ1v) is 3.03. The zero-order valence-electron chi connectivity index (χ0n) is 5.12. The summed E-state index contributed by atoms with van der Waals surface area (Å²) in [6, 6.07) is 0.0873. The maximum atomic E-state index is 8.58. The van der Waals surface area contributed by atoms with Crippen molar-refractivity contribution in [3.63, 3.8) is 0 Å². The van der Waals surface area contributed by atoms with Crippen molar-refractivity contribution in [2.24, 2.45) is 0 Å². The lowest BCUT2D eigenvalue weighted by molar-refractivity contribution is 0.235. The first kappa shape index (κ1) is 6.74. The zero-order chi connectivity index (χ0) is 6.69.